The molecule has 0 unspecified atom stereocenters. The van der Waals surface area contributed by atoms with Gasteiger partial charge in [-0.25, -0.2) is 0 Å². The van der Waals surface area contributed by atoms with Gasteiger partial charge in [0.05, 0.1) is 11.4 Å². The Morgan fingerprint density at radius 3 is 1.70 bits per heavy atom. The molecule has 7 aromatic carbocycles. The lowest BCUT2D eigenvalue weighted by atomic mass is 9.85. The number of para-hydroxylation sites is 2. The highest BCUT2D eigenvalue weighted by atomic mass is 14.9. The highest BCUT2D eigenvalue weighted by Gasteiger charge is 2.17. The van der Waals surface area contributed by atoms with Crippen molar-refractivity contribution in [2.75, 3.05) is 5.32 Å². The average molecular weight is 567 g/mol. The Kier molecular flexibility index (Phi) is 7.72. The van der Waals surface area contributed by atoms with Gasteiger partial charge < -0.3 is 5.32 Å². The van der Waals surface area contributed by atoms with Crippen molar-refractivity contribution in [3.8, 4) is 33.4 Å². The Labute approximate surface area is 259 Å². The minimum atomic E-state index is 0.953. The molecule has 7 aromatic rings. The maximum absolute atomic E-state index is 4.68. The molecule has 0 saturated heterocycles. The van der Waals surface area contributed by atoms with Gasteiger partial charge in [0.25, 0.3) is 0 Å². The van der Waals surface area contributed by atoms with Gasteiger partial charge in [-0.1, -0.05) is 135 Å². The molecule has 0 radical (unpaired) electrons. The molecule has 0 aromatic heterocycles. The zero-order chi connectivity index (χ0) is 29.7. The van der Waals surface area contributed by atoms with E-state index in [1.165, 1.54) is 54.9 Å². The van der Waals surface area contributed by atoms with Crippen LogP contribution >= 0.6 is 0 Å². The predicted molar refractivity (Wildman–Crippen MR) is 191 cm³/mol. The molecule has 0 atom stereocenters. The third-order valence-electron chi connectivity index (χ3n) is 8.20. The Morgan fingerprint density at radius 2 is 1.05 bits per heavy atom. The van der Waals surface area contributed by atoms with Gasteiger partial charge in [0.2, 0.25) is 0 Å². The minimum Gasteiger partial charge on any atom is -0.354 e. The van der Waals surface area contributed by atoms with Crippen molar-refractivity contribution in [3.05, 3.63) is 152 Å². The smallest absolute Gasteiger partial charge is 0.0860 e. The van der Waals surface area contributed by atoms with E-state index in [-0.39, 0.29) is 0 Å². The average Bonchev–Trinajstić information content (AvgIpc) is 3.09. The molecule has 2 heteroatoms. The summed E-state index contributed by atoms with van der Waals surface area (Å²) in [5.74, 6) is 0. The molecule has 0 saturated carbocycles. The first-order valence-electron chi connectivity index (χ1n) is 15.4. The number of unbranched alkanes of at least 4 members (excludes halogenated alkanes) is 1. The maximum Gasteiger partial charge on any atom is 0.0860 e. The topological polar surface area (TPSA) is 24.4 Å². The number of nitrogens with zero attached hydrogens (tertiary/aromatic N) is 1. The molecular formula is C42H34N2. The zero-order valence-electron chi connectivity index (χ0n) is 24.9. The fraction of sp³-hybridized carbons (Fsp3) is 0.0714. The second kappa shape index (κ2) is 12.4. The van der Waals surface area contributed by atoms with Gasteiger partial charge in [0.15, 0.2) is 0 Å². The molecule has 0 bridgehead atoms. The minimum absolute atomic E-state index is 0.953. The van der Waals surface area contributed by atoms with E-state index in [1.54, 1.807) is 0 Å². The lowest BCUT2D eigenvalue weighted by Gasteiger charge is -2.18. The molecule has 0 fully saturated rings. The van der Waals surface area contributed by atoms with Crippen LogP contribution in [0.15, 0.2) is 157 Å². The summed E-state index contributed by atoms with van der Waals surface area (Å²) in [6, 6.07) is 54.2. The van der Waals surface area contributed by atoms with Gasteiger partial charge in [0, 0.05) is 11.9 Å². The maximum atomic E-state index is 4.68. The highest BCUT2D eigenvalue weighted by Crippen LogP contribution is 2.44. The molecule has 44 heavy (non-hydrogen) atoms. The van der Waals surface area contributed by atoms with Crippen LogP contribution in [0, 0.1) is 0 Å². The van der Waals surface area contributed by atoms with Crippen LogP contribution in [-0.4, -0.2) is 6.21 Å². The van der Waals surface area contributed by atoms with E-state index in [9.17, 15) is 0 Å². The lowest BCUT2D eigenvalue weighted by molar-refractivity contribution is 1.01. The van der Waals surface area contributed by atoms with Crippen LogP contribution in [0.3, 0.4) is 0 Å². The third kappa shape index (κ3) is 5.39. The van der Waals surface area contributed by atoms with Crippen LogP contribution in [0.5, 0.6) is 0 Å². The first kappa shape index (κ1) is 27.4. The molecule has 212 valence electrons. The van der Waals surface area contributed by atoms with Crippen molar-refractivity contribution in [1.29, 1.82) is 0 Å². The van der Waals surface area contributed by atoms with E-state index in [0.29, 0.717) is 0 Å². The van der Waals surface area contributed by atoms with Crippen LogP contribution in [0.4, 0.5) is 17.1 Å². The van der Waals surface area contributed by atoms with Gasteiger partial charge in [0.1, 0.15) is 0 Å². The number of hydrogen-bond donors (Lipinski definition) is 1. The summed E-state index contributed by atoms with van der Waals surface area (Å²) in [6.45, 7) is 2.17. The SMILES string of the molecule is CCCC=Nc1ccccc1Nc1ccc(-c2ccc3c(-c4ccccc4)c4ccccc4c(-c4ccccc4)c3c2)cc1. The van der Waals surface area contributed by atoms with E-state index in [2.05, 4.69) is 157 Å². The molecule has 0 amide bonds. The van der Waals surface area contributed by atoms with E-state index in [1.807, 2.05) is 18.3 Å². The van der Waals surface area contributed by atoms with E-state index >= 15 is 0 Å². The highest BCUT2D eigenvalue weighted by molar-refractivity contribution is 6.21. The standard InChI is InChI=1S/C42H34N2/c1-2-3-28-43-39-20-12-13-21-40(39)44-34-25-22-30(23-26-34)33-24-27-37-38(29-33)42(32-16-8-5-9-17-32)36-19-11-10-18-35(36)41(37)31-14-6-4-7-15-31/h4-29,44H,2-3H2,1H3. The fourth-order valence-electron chi connectivity index (χ4n) is 6.08. The van der Waals surface area contributed by atoms with E-state index in [0.717, 1.165) is 29.9 Å². The van der Waals surface area contributed by atoms with Crippen molar-refractivity contribution in [1.82, 2.24) is 0 Å². The predicted octanol–water partition coefficient (Wildman–Crippen LogP) is 12.2. The molecule has 7 rings (SSSR count). The molecule has 0 aliphatic rings. The number of nitrogens with one attached hydrogen (secondary N) is 1. The number of benzene rings is 7. The molecule has 0 heterocycles. The van der Waals surface area contributed by atoms with Gasteiger partial charge in [-0.05, 0) is 91.7 Å². The Morgan fingerprint density at radius 1 is 0.500 bits per heavy atom. The summed E-state index contributed by atoms with van der Waals surface area (Å²) in [7, 11) is 0. The second-order valence-electron chi connectivity index (χ2n) is 11.1. The monoisotopic (exact) mass is 566 g/mol. The van der Waals surface area contributed by atoms with Crippen LogP contribution in [0.25, 0.3) is 54.9 Å². The molecular weight excluding hydrogens is 532 g/mol. The number of anilines is 2. The van der Waals surface area contributed by atoms with Gasteiger partial charge in [-0.3, -0.25) is 4.99 Å². The third-order valence-corrected chi connectivity index (χ3v) is 8.20. The van der Waals surface area contributed by atoms with Gasteiger partial charge in [-0.2, -0.15) is 0 Å². The number of rotatable bonds is 8. The summed E-state index contributed by atoms with van der Waals surface area (Å²) < 4.78 is 0. The van der Waals surface area contributed by atoms with E-state index < -0.39 is 0 Å². The van der Waals surface area contributed by atoms with Crippen molar-refractivity contribution in [2.24, 2.45) is 4.99 Å². The van der Waals surface area contributed by atoms with E-state index in [4.69, 9.17) is 0 Å². The Hall–Kier alpha value is -5.47. The van der Waals surface area contributed by atoms with Crippen molar-refractivity contribution in [2.45, 2.75) is 19.8 Å². The molecule has 1 N–H and O–H groups in total. The fourth-order valence-corrected chi connectivity index (χ4v) is 6.08. The summed E-state index contributed by atoms with van der Waals surface area (Å²) in [5, 5.41) is 8.62. The van der Waals surface area contributed by atoms with Crippen LogP contribution in [0.1, 0.15) is 19.8 Å². The first-order valence-corrected chi connectivity index (χ1v) is 15.4. The van der Waals surface area contributed by atoms with Gasteiger partial charge in [-0.15, -0.1) is 0 Å². The second-order valence-corrected chi connectivity index (χ2v) is 11.1. The van der Waals surface area contributed by atoms with Crippen molar-refractivity contribution in [3.63, 3.8) is 0 Å². The summed E-state index contributed by atoms with van der Waals surface area (Å²) >= 11 is 0. The number of fused-ring (bicyclic) bond motifs is 2. The number of aliphatic imine (C=N–C) groups is 1. The largest absolute Gasteiger partial charge is 0.354 e. The summed E-state index contributed by atoms with van der Waals surface area (Å²) in [5.41, 5.74) is 10.4. The quantitative estimate of drug-likeness (QED) is 0.144. The molecule has 2 nitrogen and oxygen atoms in total. The lowest BCUT2D eigenvalue weighted by Crippen LogP contribution is -1.92. The van der Waals surface area contributed by atoms with Crippen LogP contribution in [-0.2, 0) is 0 Å². The van der Waals surface area contributed by atoms with Crippen LogP contribution in [0.2, 0.25) is 0 Å². The van der Waals surface area contributed by atoms with Crippen molar-refractivity contribution >= 4 is 44.8 Å². The molecule has 0 aliphatic heterocycles. The summed E-state index contributed by atoms with van der Waals surface area (Å²) in [6.07, 6.45) is 4.06. The van der Waals surface area contributed by atoms with Gasteiger partial charge >= 0.3 is 0 Å². The first-order chi connectivity index (χ1) is 21.8. The molecule has 0 aliphatic carbocycles. The Bertz CT molecular complexity index is 2080. The zero-order valence-corrected chi connectivity index (χ0v) is 24.9. The van der Waals surface area contributed by atoms with Crippen molar-refractivity contribution < 1.29 is 0 Å². The number of hydrogen-bond acceptors (Lipinski definition) is 2. The summed E-state index contributed by atoms with van der Waals surface area (Å²) in [4.78, 5) is 4.68. The van der Waals surface area contributed by atoms with Crippen LogP contribution < -0.4 is 5.32 Å². The molecule has 0 spiro atoms. The normalized spacial score (nSPS) is 11.4. The Balaban J connectivity index is 1.34.